The summed E-state index contributed by atoms with van der Waals surface area (Å²) in [6, 6.07) is 3.57. The normalized spacial score (nSPS) is 19.3. The zero-order valence-corrected chi connectivity index (χ0v) is 15.9. The molecule has 9 heteroatoms. The maximum atomic E-state index is 12.4. The summed E-state index contributed by atoms with van der Waals surface area (Å²) in [4.78, 5) is 24.1. The van der Waals surface area contributed by atoms with E-state index >= 15 is 0 Å². The highest BCUT2D eigenvalue weighted by Crippen LogP contribution is 2.35. The summed E-state index contributed by atoms with van der Waals surface area (Å²) in [6.45, 7) is 6.34. The zero-order chi connectivity index (χ0) is 19.4. The summed E-state index contributed by atoms with van der Waals surface area (Å²) in [5, 5.41) is 16.8. The highest BCUT2D eigenvalue weighted by atomic mass is 16.6. The summed E-state index contributed by atoms with van der Waals surface area (Å²) >= 11 is 0. The molecule has 2 amide bonds. The number of hydrogen-bond acceptors (Lipinski definition) is 5. The van der Waals surface area contributed by atoms with Gasteiger partial charge in [-0.15, -0.1) is 0 Å². The van der Waals surface area contributed by atoms with Crippen molar-refractivity contribution in [2.75, 3.05) is 5.32 Å². The van der Waals surface area contributed by atoms with Crippen LogP contribution in [0.5, 0.6) is 0 Å². The first-order chi connectivity index (χ1) is 13.0. The largest absolute Gasteiger partial charge is 0.446 e. The molecule has 2 atom stereocenters. The van der Waals surface area contributed by atoms with Crippen LogP contribution in [0.15, 0.2) is 18.3 Å². The predicted octanol–water partition coefficient (Wildman–Crippen LogP) is 2.65. The number of H-pyrrole nitrogens is 1. The van der Waals surface area contributed by atoms with Gasteiger partial charge in [0, 0.05) is 36.5 Å². The summed E-state index contributed by atoms with van der Waals surface area (Å²) in [6.07, 6.45) is 3.58. The van der Waals surface area contributed by atoms with E-state index in [2.05, 4.69) is 25.9 Å². The second-order valence-electron chi connectivity index (χ2n) is 7.03. The SMILES string of the molecule is CCn1nccc1C(=O)Nc1cc([C@H]2CC[C@@H](OC(=O)NC(C)C)C2)[nH]n1. The molecule has 1 aliphatic carbocycles. The topological polar surface area (TPSA) is 114 Å². The molecule has 3 rings (SSSR count). The van der Waals surface area contributed by atoms with Gasteiger partial charge in [0.15, 0.2) is 5.82 Å². The van der Waals surface area contributed by atoms with Gasteiger partial charge in [-0.1, -0.05) is 0 Å². The Morgan fingerprint density at radius 3 is 2.96 bits per heavy atom. The van der Waals surface area contributed by atoms with Crippen LogP contribution in [0.4, 0.5) is 10.6 Å². The standard InChI is InChI=1S/C18H26N6O3/c1-4-24-15(7-8-19-24)17(25)21-16-10-14(22-23-16)12-5-6-13(9-12)27-18(26)20-11(2)3/h7-8,10-13H,4-6,9H2,1-3H3,(H,20,26)(H2,21,22,23,25)/t12-,13+/m0/s1. The van der Waals surface area contributed by atoms with Gasteiger partial charge in [-0.25, -0.2) is 4.79 Å². The Morgan fingerprint density at radius 2 is 2.22 bits per heavy atom. The minimum Gasteiger partial charge on any atom is -0.446 e. The number of aromatic nitrogens is 4. The van der Waals surface area contributed by atoms with Crippen LogP contribution in [0.3, 0.4) is 0 Å². The van der Waals surface area contributed by atoms with E-state index < -0.39 is 0 Å². The van der Waals surface area contributed by atoms with Crippen LogP contribution in [0.2, 0.25) is 0 Å². The fourth-order valence-electron chi connectivity index (χ4n) is 3.32. The molecule has 0 bridgehead atoms. The predicted molar refractivity (Wildman–Crippen MR) is 99.6 cm³/mol. The van der Waals surface area contributed by atoms with Crippen LogP contribution < -0.4 is 10.6 Å². The first kappa shape index (κ1) is 18.9. The van der Waals surface area contributed by atoms with Crippen LogP contribution in [-0.2, 0) is 11.3 Å². The average Bonchev–Trinajstić information content (AvgIpc) is 3.33. The van der Waals surface area contributed by atoms with E-state index in [4.69, 9.17) is 4.74 Å². The van der Waals surface area contributed by atoms with Crippen molar-refractivity contribution in [3.63, 3.8) is 0 Å². The average molecular weight is 374 g/mol. The van der Waals surface area contributed by atoms with Crippen LogP contribution in [0.1, 0.15) is 62.1 Å². The molecule has 1 fully saturated rings. The third kappa shape index (κ3) is 4.66. The molecular formula is C18H26N6O3. The lowest BCUT2D eigenvalue weighted by atomic mass is 10.0. The highest BCUT2D eigenvalue weighted by molar-refractivity contribution is 6.02. The zero-order valence-electron chi connectivity index (χ0n) is 15.9. The van der Waals surface area contributed by atoms with Crippen molar-refractivity contribution >= 4 is 17.8 Å². The third-order valence-electron chi connectivity index (χ3n) is 4.59. The molecule has 9 nitrogen and oxygen atoms in total. The molecule has 0 unspecified atom stereocenters. The van der Waals surface area contributed by atoms with Crippen LogP contribution >= 0.6 is 0 Å². The molecule has 27 heavy (non-hydrogen) atoms. The van der Waals surface area contributed by atoms with Crippen LogP contribution in [0.25, 0.3) is 0 Å². The van der Waals surface area contributed by atoms with Gasteiger partial charge in [0.05, 0.1) is 0 Å². The Balaban J connectivity index is 1.55. The molecule has 1 saturated carbocycles. The minimum absolute atomic E-state index is 0.0532. The molecule has 0 spiro atoms. The molecular weight excluding hydrogens is 348 g/mol. The van der Waals surface area contributed by atoms with E-state index in [-0.39, 0.29) is 30.1 Å². The summed E-state index contributed by atoms with van der Waals surface area (Å²) in [5.41, 5.74) is 1.43. The Kier molecular flexibility index (Phi) is 5.78. The maximum Gasteiger partial charge on any atom is 0.407 e. The molecule has 3 N–H and O–H groups in total. The fraction of sp³-hybridized carbons (Fsp3) is 0.556. The van der Waals surface area contributed by atoms with Crippen molar-refractivity contribution in [1.82, 2.24) is 25.3 Å². The molecule has 2 heterocycles. The lowest BCUT2D eigenvalue weighted by Gasteiger charge is -2.14. The van der Waals surface area contributed by atoms with E-state index in [1.165, 1.54) is 0 Å². The van der Waals surface area contributed by atoms with Gasteiger partial charge in [0.25, 0.3) is 5.91 Å². The van der Waals surface area contributed by atoms with Crippen molar-refractivity contribution < 1.29 is 14.3 Å². The number of nitrogens with one attached hydrogen (secondary N) is 3. The monoisotopic (exact) mass is 374 g/mol. The van der Waals surface area contributed by atoms with Gasteiger partial charge in [0.1, 0.15) is 11.8 Å². The van der Waals surface area contributed by atoms with E-state index in [0.29, 0.717) is 18.1 Å². The number of hydrogen-bond donors (Lipinski definition) is 3. The molecule has 1 aliphatic rings. The number of alkyl carbamates (subject to hydrolysis) is 1. The maximum absolute atomic E-state index is 12.4. The molecule has 0 radical (unpaired) electrons. The van der Waals surface area contributed by atoms with E-state index in [9.17, 15) is 9.59 Å². The third-order valence-corrected chi connectivity index (χ3v) is 4.59. The molecule has 0 aromatic carbocycles. The number of carbonyl (C=O) groups excluding carboxylic acids is 2. The summed E-state index contributed by atoms with van der Waals surface area (Å²) in [7, 11) is 0. The minimum atomic E-state index is -0.374. The van der Waals surface area contributed by atoms with Gasteiger partial charge in [-0.3, -0.25) is 14.6 Å². The molecule has 0 saturated heterocycles. The second kappa shape index (κ2) is 8.24. The number of aromatic amines is 1. The Hall–Kier alpha value is -2.84. The number of amides is 2. The van der Waals surface area contributed by atoms with Gasteiger partial charge in [-0.2, -0.15) is 10.2 Å². The molecule has 2 aromatic rings. The first-order valence-electron chi connectivity index (χ1n) is 9.31. The number of ether oxygens (including phenoxy) is 1. The van der Waals surface area contributed by atoms with E-state index in [1.807, 2.05) is 26.8 Å². The quantitative estimate of drug-likeness (QED) is 0.719. The van der Waals surface area contributed by atoms with Gasteiger partial charge in [0.2, 0.25) is 0 Å². The van der Waals surface area contributed by atoms with Crippen molar-refractivity contribution in [3.8, 4) is 0 Å². The van der Waals surface area contributed by atoms with Gasteiger partial charge in [-0.05, 0) is 46.1 Å². The Morgan fingerprint density at radius 1 is 1.41 bits per heavy atom. The fourth-order valence-corrected chi connectivity index (χ4v) is 3.32. The van der Waals surface area contributed by atoms with E-state index in [0.717, 1.165) is 25.0 Å². The smallest absolute Gasteiger partial charge is 0.407 e. The van der Waals surface area contributed by atoms with Crippen molar-refractivity contribution in [2.24, 2.45) is 0 Å². The van der Waals surface area contributed by atoms with Crippen molar-refractivity contribution in [2.45, 2.75) is 64.6 Å². The van der Waals surface area contributed by atoms with Gasteiger partial charge >= 0.3 is 6.09 Å². The lowest BCUT2D eigenvalue weighted by Crippen LogP contribution is -2.33. The van der Waals surface area contributed by atoms with E-state index in [1.54, 1.807) is 16.9 Å². The number of rotatable bonds is 6. The lowest BCUT2D eigenvalue weighted by molar-refractivity contribution is 0.0979. The summed E-state index contributed by atoms with van der Waals surface area (Å²) in [5.74, 6) is 0.451. The summed E-state index contributed by atoms with van der Waals surface area (Å²) < 4.78 is 7.08. The number of nitrogens with zero attached hydrogens (tertiary/aromatic N) is 3. The molecule has 0 aliphatic heterocycles. The molecule has 2 aromatic heterocycles. The number of anilines is 1. The number of carbonyl (C=O) groups is 2. The second-order valence-corrected chi connectivity index (χ2v) is 7.03. The van der Waals surface area contributed by atoms with Crippen LogP contribution in [-0.4, -0.2) is 44.1 Å². The van der Waals surface area contributed by atoms with Crippen molar-refractivity contribution in [1.29, 1.82) is 0 Å². The number of aryl methyl sites for hydroxylation is 1. The molecule has 146 valence electrons. The Labute approximate surface area is 157 Å². The van der Waals surface area contributed by atoms with Gasteiger partial charge < -0.3 is 15.4 Å². The van der Waals surface area contributed by atoms with Crippen LogP contribution in [0, 0.1) is 0 Å². The Bertz CT molecular complexity index is 797. The van der Waals surface area contributed by atoms with Crippen molar-refractivity contribution in [3.05, 3.63) is 29.7 Å². The first-order valence-corrected chi connectivity index (χ1v) is 9.31. The highest BCUT2D eigenvalue weighted by Gasteiger charge is 2.30.